The number of nitrogens with zero attached hydrogens (tertiary/aromatic N) is 4. The van der Waals surface area contributed by atoms with E-state index in [0.717, 1.165) is 0 Å². The molecule has 1 atom stereocenters. The molecule has 10 heteroatoms. The Kier molecular flexibility index (Phi) is 5.01. The van der Waals surface area contributed by atoms with Crippen LogP contribution in [0.15, 0.2) is 35.4 Å². The van der Waals surface area contributed by atoms with Crippen LogP contribution in [0.5, 0.6) is 0 Å². The Morgan fingerprint density at radius 1 is 1.35 bits per heavy atom. The van der Waals surface area contributed by atoms with Crippen molar-refractivity contribution in [3.63, 3.8) is 0 Å². The van der Waals surface area contributed by atoms with Gasteiger partial charge in [-0.05, 0) is 37.1 Å². The summed E-state index contributed by atoms with van der Waals surface area (Å²) in [7, 11) is -3.77. The van der Waals surface area contributed by atoms with Gasteiger partial charge in [0, 0.05) is 12.2 Å². The summed E-state index contributed by atoms with van der Waals surface area (Å²) in [5.74, 6) is 0.608. The number of hydrogen-bond acceptors (Lipinski definition) is 7. The molecule has 0 aliphatic carbocycles. The fraction of sp³-hybridized carbons (Fsp3) is 0.312. The zero-order valence-corrected chi connectivity index (χ0v) is 14.6. The molecule has 26 heavy (non-hydrogen) atoms. The highest BCUT2D eigenvalue weighted by Gasteiger charge is 2.23. The largest absolute Gasteiger partial charge is 0.352 e. The summed E-state index contributed by atoms with van der Waals surface area (Å²) in [4.78, 5) is 10.2. The van der Waals surface area contributed by atoms with Crippen molar-refractivity contribution in [1.29, 1.82) is 5.26 Å². The Balaban J connectivity index is 1.85. The Hall–Kier alpha value is -2.77. The first-order chi connectivity index (χ1) is 12.4. The van der Waals surface area contributed by atoms with Gasteiger partial charge in [-0.2, -0.15) is 10.2 Å². The van der Waals surface area contributed by atoms with E-state index in [-0.39, 0.29) is 23.0 Å². The van der Waals surface area contributed by atoms with Gasteiger partial charge >= 0.3 is 0 Å². The molecule has 3 N–H and O–H groups in total. The van der Waals surface area contributed by atoms with Gasteiger partial charge in [0.1, 0.15) is 17.8 Å². The highest BCUT2D eigenvalue weighted by atomic mass is 32.2. The van der Waals surface area contributed by atoms with Gasteiger partial charge in [0.25, 0.3) is 0 Å². The molecule has 1 saturated heterocycles. The Morgan fingerprint density at radius 2 is 2.08 bits per heavy atom. The van der Waals surface area contributed by atoms with Crippen LogP contribution in [0.4, 0.5) is 21.8 Å². The predicted molar refractivity (Wildman–Crippen MR) is 94.2 cm³/mol. The molecule has 1 fully saturated rings. The van der Waals surface area contributed by atoms with Gasteiger partial charge in [0.05, 0.1) is 17.6 Å². The predicted octanol–water partition coefficient (Wildman–Crippen LogP) is 1.68. The van der Waals surface area contributed by atoms with E-state index in [1.165, 1.54) is 30.5 Å². The van der Waals surface area contributed by atoms with Crippen molar-refractivity contribution in [2.45, 2.75) is 23.9 Å². The third kappa shape index (κ3) is 4.07. The molecule has 0 spiro atoms. The van der Waals surface area contributed by atoms with Crippen LogP contribution in [0.25, 0.3) is 0 Å². The summed E-state index contributed by atoms with van der Waals surface area (Å²) >= 11 is 0. The molecule has 1 aromatic heterocycles. The lowest BCUT2D eigenvalue weighted by atomic mass is 10.1. The Labute approximate surface area is 150 Å². The number of aromatic nitrogens is 2. The molecule has 1 aliphatic rings. The van der Waals surface area contributed by atoms with Crippen LogP contribution in [-0.2, 0) is 10.0 Å². The first-order valence-electron chi connectivity index (χ1n) is 7.93. The number of sulfonamides is 1. The lowest BCUT2D eigenvalue weighted by molar-refractivity contribution is 0.286. The number of hydrogen-bond donors (Lipinski definition) is 2. The lowest BCUT2D eigenvalue weighted by Crippen LogP contribution is -2.37. The monoisotopic (exact) mass is 376 g/mol. The molecule has 2 aromatic rings. The number of nitrogens with one attached hydrogen (secondary N) is 1. The minimum Gasteiger partial charge on any atom is -0.352 e. The van der Waals surface area contributed by atoms with E-state index >= 15 is 0 Å². The van der Waals surface area contributed by atoms with Crippen molar-refractivity contribution >= 4 is 27.5 Å². The second kappa shape index (κ2) is 7.23. The number of nitriles is 1. The highest BCUT2D eigenvalue weighted by Crippen LogP contribution is 2.25. The summed E-state index contributed by atoms with van der Waals surface area (Å²) in [6.07, 6.45) is 1.62. The van der Waals surface area contributed by atoms with Gasteiger partial charge in [-0.15, -0.1) is 0 Å². The van der Waals surface area contributed by atoms with Crippen LogP contribution in [0.2, 0.25) is 0 Å². The van der Waals surface area contributed by atoms with Crippen LogP contribution in [-0.4, -0.2) is 37.6 Å². The van der Waals surface area contributed by atoms with Crippen molar-refractivity contribution in [1.82, 2.24) is 9.97 Å². The first kappa shape index (κ1) is 18.0. The van der Waals surface area contributed by atoms with Gasteiger partial charge in [-0.25, -0.2) is 22.9 Å². The van der Waals surface area contributed by atoms with E-state index in [0.29, 0.717) is 30.9 Å². The second-order valence-electron chi connectivity index (χ2n) is 5.92. The van der Waals surface area contributed by atoms with E-state index in [9.17, 15) is 18.1 Å². The van der Waals surface area contributed by atoms with Crippen LogP contribution in [0.1, 0.15) is 18.4 Å². The Bertz CT molecular complexity index is 942. The van der Waals surface area contributed by atoms with Gasteiger partial charge in [0.2, 0.25) is 16.0 Å². The SMILES string of the molecule is N#Cc1cnc(Nc2ccc(S(N)(=O)=O)cc2)nc1N1CCC[C@H](F)C1. The average Bonchev–Trinajstić information content (AvgIpc) is 2.61. The van der Waals surface area contributed by atoms with E-state index < -0.39 is 16.2 Å². The molecule has 3 rings (SSSR count). The summed E-state index contributed by atoms with van der Waals surface area (Å²) in [5.41, 5.74) is 0.823. The molecule has 2 heterocycles. The number of anilines is 3. The number of primary sulfonamides is 1. The molecule has 8 nitrogen and oxygen atoms in total. The molecule has 0 bridgehead atoms. The van der Waals surface area contributed by atoms with Crippen molar-refractivity contribution < 1.29 is 12.8 Å². The maximum absolute atomic E-state index is 13.7. The zero-order valence-electron chi connectivity index (χ0n) is 13.8. The minimum atomic E-state index is -3.77. The fourth-order valence-corrected chi connectivity index (χ4v) is 3.24. The maximum atomic E-state index is 13.7. The summed E-state index contributed by atoms with van der Waals surface area (Å²) < 4.78 is 36.3. The lowest BCUT2D eigenvalue weighted by Gasteiger charge is -2.30. The third-order valence-corrected chi connectivity index (χ3v) is 4.92. The molecule has 1 aliphatic heterocycles. The number of benzene rings is 1. The molecule has 1 aromatic carbocycles. The van der Waals surface area contributed by atoms with Crippen LogP contribution < -0.4 is 15.4 Å². The topological polar surface area (TPSA) is 125 Å². The van der Waals surface area contributed by atoms with Gasteiger partial charge in [-0.1, -0.05) is 0 Å². The number of piperidine rings is 1. The van der Waals surface area contributed by atoms with Crippen molar-refractivity contribution in [2.24, 2.45) is 5.14 Å². The number of alkyl halides is 1. The van der Waals surface area contributed by atoms with Crippen molar-refractivity contribution in [2.75, 3.05) is 23.3 Å². The minimum absolute atomic E-state index is 0.00760. The van der Waals surface area contributed by atoms with E-state index in [1.807, 2.05) is 6.07 Å². The highest BCUT2D eigenvalue weighted by molar-refractivity contribution is 7.89. The Morgan fingerprint density at radius 3 is 2.69 bits per heavy atom. The number of rotatable bonds is 4. The summed E-state index contributed by atoms with van der Waals surface area (Å²) in [6.45, 7) is 0.808. The normalized spacial score (nSPS) is 17.6. The van der Waals surface area contributed by atoms with Crippen LogP contribution >= 0.6 is 0 Å². The molecule has 0 saturated carbocycles. The summed E-state index contributed by atoms with van der Waals surface area (Å²) in [5, 5.41) is 17.3. The molecular formula is C16H17FN6O2S. The van der Waals surface area contributed by atoms with Crippen LogP contribution in [0, 0.1) is 11.3 Å². The first-order valence-corrected chi connectivity index (χ1v) is 9.47. The molecule has 0 unspecified atom stereocenters. The zero-order chi connectivity index (χ0) is 18.7. The van der Waals surface area contributed by atoms with Crippen molar-refractivity contribution in [3.8, 4) is 6.07 Å². The van der Waals surface area contributed by atoms with Gasteiger partial charge < -0.3 is 10.2 Å². The van der Waals surface area contributed by atoms with Gasteiger partial charge in [0.15, 0.2) is 5.82 Å². The van der Waals surface area contributed by atoms with Gasteiger partial charge in [-0.3, -0.25) is 0 Å². The standard InChI is InChI=1S/C16H17FN6O2S/c17-12-2-1-7-23(10-12)15-11(8-18)9-20-16(22-15)21-13-3-5-14(6-4-13)26(19,24)25/h3-6,9,12H,1-2,7,10H2,(H2,19,24,25)(H,20,21,22)/t12-/m0/s1. The van der Waals surface area contributed by atoms with Crippen LogP contribution in [0.3, 0.4) is 0 Å². The second-order valence-corrected chi connectivity index (χ2v) is 7.48. The van der Waals surface area contributed by atoms with Crippen molar-refractivity contribution in [3.05, 3.63) is 36.0 Å². The maximum Gasteiger partial charge on any atom is 0.238 e. The smallest absolute Gasteiger partial charge is 0.238 e. The number of nitrogens with two attached hydrogens (primary N) is 1. The molecule has 0 radical (unpaired) electrons. The summed E-state index contributed by atoms with van der Waals surface area (Å²) in [6, 6.07) is 7.80. The average molecular weight is 376 g/mol. The number of halogens is 1. The molecule has 0 amide bonds. The quantitative estimate of drug-likeness (QED) is 0.831. The van der Waals surface area contributed by atoms with E-state index in [2.05, 4.69) is 15.3 Å². The van der Waals surface area contributed by atoms with E-state index in [1.54, 1.807) is 4.90 Å². The fourth-order valence-electron chi connectivity index (χ4n) is 2.73. The molecular weight excluding hydrogens is 359 g/mol. The van der Waals surface area contributed by atoms with E-state index in [4.69, 9.17) is 5.14 Å². The third-order valence-electron chi connectivity index (χ3n) is 3.99. The molecule has 136 valence electrons.